The van der Waals surface area contributed by atoms with Crippen molar-refractivity contribution in [3.05, 3.63) is 99.9 Å². The highest BCUT2D eigenvalue weighted by Crippen LogP contribution is 2.22. The molecule has 3 N–H and O–H groups in total. The topological polar surface area (TPSA) is 87.9 Å². The van der Waals surface area contributed by atoms with Crippen LogP contribution in [-0.2, 0) is 19.5 Å². The molecule has 1 aliphatic rings. The number of nitrogen functional groups attached to an aromatic ring is 1. The Balaban J connectivity index is 1.35. The van der Waals surface area contributed by atoms with Gasteiger partial charge in [-0.25, -0.2) is 9.37 Å². The number of anilines is 1. The van der Waals surface area contributed by atoms with Crippen molar-refractivity contribution >= 4 is 5.69 Å². The minimum atomic E-state index is -0.268. The molecule has 0 unspecified atom stereocenters. The Morgan fingerprint density at radius 1 is 0.969 bits per heavy atom. The van der Waals surface area contributed by atoms with Crippen LogP contribution in [0, 0.1) is 5.82 Å². The number of fused-ring (bicyclic) bond motifs is 1. The molecular weight excluding hydrogens is 405 g/mol. The van der Waals surface area contributed by atoms with Gasteiger partial charge in [0.05, 0.1) is 22.6 Å². The molecule has 2 aromatic heterocycles. The van der Waals surface area contributed by atoms with Crippen molar-refractivity contribution in [2.45, 2.75) is 19.5 Å². The molecule has 32 heavy (non-hydrogen) atoms. The minimum Gasteiger partial charge on any atom is -0.399 e. The summed E-state index contributed by atoms with van der Waals surface area (Å²) in [5.41, 5.74) is 11.3. The van der Waals surface area contributed by atoms with Crippen molar-refractivity contribution in [1.82, 2.24) is 19.9 Å². The molecule has 0 spiro atoms. The van der Waals surface area contributed by atoms with E-state index in [2.05, 4.69) is 9.88 Å². The van der Waals surface area contributed by atoms with Crippen LogP contribution >= 0.6 is 0 Å². The summed E-state index contributed by atoms with van der Waals surface area (Å²) >= 11 is 0. The molecule has 3 heterocycles. The molecule has 0 fully saturated rings. The van der Waals surface area contributed by atoms with Crippen molar-refractivity contribution in [2.24, 2.45) is 0 Å². The average molecular weight is 427 g/mol. The van der Waals surface area contributed by atoms with Gasteiger partial charge in [-0.05, 0) is 60.7 Å². The lowest BCUT2D eigenvalue weighted by Crippen LogP contribution is -2.35. The largest absolute Gasteiger partial charge is 0.399 e. The van der Waals surface area contributed by atoms with Crippen molar-refractivity contribution < 1.29 is 4.39 Å². The summed E-state index contributed by atoms with van der Waals surface area (Å²) in [7, 11) is 0. The lowest BCUT2D eigenvalue weighted by molar-refractivity contribution is 0.239. The molecule has 0 amide bonds. The molecule has 1 aliphatic heterocycles. The summed E-state index contributed by atoms with van der Waals surface area (Å²) in [5, 5.41) is 0. The molecule has 5 rings (SSSR count). The normalized spacial score (nSPS) is 13.7. The number of halogens is 1. The van der Waals surface area contributed by atoms with Crippen LogP contribution in [0.1, 0.15) is 17.0 Å². The zero-order valence-electron chi connectivity index (χ0n) is 17.4. The molecule has 0 saturated heterocycles. The van der Waals surface area contributed by atoms with Crippen molar-refractivity contribution in [2.75, 3.05) is 12.3 Å². The highest BCUT2D eigenvalue weighted by molar-refractivity contribution is 5.59. The Morgan fingerprint density at radius 2 is 1.72 bits per heavy atom. The van der Waals surface area contributed by atoms with E-state index in [-0.39, 0.29) is 11.4 Å². The summed E-state index contributed by atoms with van der Waals surface area (Å²) in [6.45, 7) is 1.92. The first-order chi connectivity index (χ1) is 15.5. The van der Waals surface area contributed by atoms with Gasteiger partial charge in [0.25, 0.3) is 5.56 Å². The van der Waals surface area contributed by atoms with Crippen LogP contribution in [-0.4, -0.2) is 26.4 Å². The Morgan fingerprint density at radius 3 is 2.50 bits per heavy atom. The number of nitrogens with two attached hydrogens (primary N) is 1. The third kappa shape index (κ3) is 4.15. The smallest absolute Gasteiger partial charge is 0.255 e. The molecule has 4 aromatic rings. The predicted molar refractivity (Wildman–Crippen MR) is 122 cm³/mol. The zero-order valence-corrected chi connectivity index (χ0v) is 17.4. The molecular formula is C25H22FN5O. The number of rotatable bonds is 4. The van der Waals surface area contributed by atoms with Crippen molar-refractivity contribution in [3.8, 4) is 22.6 Å². The van der Waals surface area contributed by atoms with Crippen molar-refractivity contribution in [3.63, 3.8) is 0 Å². The monoisotopic (exact) mass is 427 g/mol. The maximum atomic E-state index is 13.2. The molecule has 0 saturated carbocycles. The van der Waals surface area contributed by atoms with Gasteiger partial charge in [0.15, 0.2) is 0 Å². The molecule has 0 aliphatic carbocycles. The van der Waals surface area contributed by atoms with E-state index in [9.17, 15) is 9.18 Å². The number of pyridine rings is 1. The van der Waals surface area contributed by atoms with E-state index in [1.54, 1.807) is 24.3 Å². The minimum absolute atomic E-state index is 0.112. The fourth-order valence-corrected chi connectivity index (χ4v) is 3.97. The van der Waals surface area contributed by atoms with Gasteiger partial charge in [-0.2, -0.15) is 0 Å². The van der Waals surface area contributed by atoms with Crippen LogP contribution in [0.4, 0.5) is 10.1 Å². The quantitative estimate of drug-likeness (QED) is 0.484. The molecule has 0 radical (unpaired) electrons. The van der Waals surface area contributed by atoms with Gasteiger partial charge >= 0.3 is 0 Å². The molecule has 0 bridgehead atoms. The third-order valence-electron chi connectivity index (χ3n) is 5.66. The average Bonchev–Trinajstić information content (AvgIpc) is 2.80. The van der Waals surface area contributed by atoms with Gasteiger partial charge < -0.3 is 10.7 Å². The lowest BCUT2D eigenvalue weighted by Gasteiger charge is -2.27. The number of nitrogens with one attached hydrogen (secondary N) is 1. The first-order valence-electron chi connectivity index (χ1n) is 10.5. The first kappa shape index (κ1) is 20.1. The van der Waals surface area contributed by atoms with Crippen LogP contribution in [0.5, 0.6) is 0 Å². The number of nitrogens with zero attached hydrogens (tertiary/aromatic N) is 3. The summed E-state index contributed by atoms with van der Waals surface area (Å²) < 4.78 is 13.2. The van der Waals surface area contributed by atoms with Gasteiger partial charge in [0, 0.05) is 42.9 Å². The second-order valence-electron chi connectivity index (χ2n) is 7.94. The molecule has 160 valence electrons. The van der Waals surface area contributed by atoms with E-state index in [1.165, 1.54) is 12.1 Å². The van der Waals surface area contributed by atoms with E-state index in [1.807, 2.05) is 30.3 Å². The van der Waals surface area contributed by atoms with Gasteiger partial charge in [0.2, 0.25) is 0 Å². The van der Waals surface area contributed by atoms with Crippen LogP contribution in [0.15, 0.2) is 71.5 Å². The number of hydrogen-bond donors (Lipinski definition) is 2. The second kappa shape index (κ2) is 8.36. The number of aromatic nitrogens is 3. The number of H-pyrrole nitrogens is 1. The summed E-state index contributed by atoms with van der Waals surface area (Å²) in [6.07, 6.45) is 0.693. The molecule has 7 heteroatoms. The highest BCUT2D eigenvalue weighted by Gasteiger charge is 2.22. The standard InChI is InChI=1S/C25H22FN5O/c26-18-8-4-16(5-9-18)22-3-1-2-20(28-22)14-31-13-12-23-21(15-31)25(32)30-24(29-23)17-6-10-19(27)11-7-17/h1-11H,12-15,27H2,(H,29,30,32). The number of hydrogen-bond acceptors (Lipinski definition) is 5. The molecule has 2 aromatic carbocycles. The van der Waals surface area contributed by atoms with E-state index < -0.39 is 0 Å². The summed E-state index contributed by atoms with van der Waals surface area (Å²) in [4.78, 5) is 27.3. The number of aromatic amines is 1. The fourth-order valence-electron chi connectivity index (χ4n) is 3.97. The maximum absolute atomic E-state index is 13.2. The van der Waals surface area contributed by atoms with E-state index in [0.29, 0.717) is 36.6 Å². The number of benzene rings is 2. The van der Waals surface area contributed by atoms with Crippen LogP contribution in [0.2, 0.25) is 0 Å². The molecule has 6 nitrogen and oxygen atoms in total. The maximum Gasteiger partial charge on any atom is 0.255 e. The third-order valence-corrected chi connectivity index (χ3v) is 5.66. The van der Waals surface area contributed by atoms with E-state index in [0.717, 1.165) is 34.8 Å². The van der Waals surface area contributed by atoms with Crippen LogP contribution in [0.3, 0.4) is 0 Å². The molecule has 0 atom stereocenters. The van der Waals surface area contributed by atoms with Gasteiger partial charge in [-0.3, -0.25) is 14.7 Å². The Bertz CT molecular complexity index is 1320. The Kier molecular flexibility index (Phi) is 5.25. The zero-order chi connectivity index (χ0) is 22.1. The second-order valence-corrected chi connectivity index (χ2v) is 7.94. The van der Waals surface area contributed by atoms with Crippen LogP contribution < -0.4 is 11.3 Å². The predicted octanol–water partition coefficient (Wildman–Crippen LogP) is 3.78. The van der Waals surface area contributed by atoms with E-state index in [4.69, 9.17) is 15.7 Å². The Labute approximate surface area is 184 Å². The Hall–Kier alpha value is -3.84. The van der Waals surface area contributed by atoms with E-state index >= 15 is 0 Å². The van der Waals surface area contributed by atoms with Crippen molar-refractivity contribution in [1.29, 1.82) is 0 Å². The van der Waals surface area contributed by atoms with Gasteiger partial charge in [-0.15, -0.1) is 0 Å². The van der Waals surface area contributed by atoms with Gasteiger partial charge in [0.1, 0.15) is 11.6 Å². The lowest BCUT2D eigenvalue weighted by atomic mass is 10.1. The van der Waals surface area contributed by atoms with Crippen LogP contribution in [0.25, 0.3) is 22.6 Å². The summed E-state index contributed by atoms with van der Waals surface area (Å²) in [5.74, 6) is 0.297. The highest BCUT2D eigenvalue weighted by atomic mass is 19.1. The SMILES string of the molecule is Nc1ccc(-c2nc3c(c(=O)[nH]2)CN(Cc2cccc(-c4ccc(F)cc4)n2)CC3)cc1. The summed E-state index contributed by atoms with van der Waals surface area (Å²) in [6, 6.07) is 19.4. The van der Waals surface area contributed by atoms with Gasteiger partial charge in [-0.1, -0.05) is 6.07 Å². The fraction of sp³-hybridized carbons (Fsp3) is 0.160. The first-order valence-corrected chi connectivity index (χ1v) is 10.5.